The summed E-state index contributed by atoms with van der Waals surface area (Å²) in [5.74, 6) is 1.82. The van der Waals surface area contributed by atoms with Gasteiger partial charge in [-0.3, -0.25) is 4.99 Å². The van der Waals surface area contributed by atoms with Crippen molar-refractivity contribution in [2.75, 3.05) is 38.3 Å². The minimum atomic E-state index is 0. The largest absolute Gasteiger partial charge is 0.378 e. The molecule has 0 aromatic carbocycles. The van der Waals surface area contributed by atoms with Gasteiger partial charge in [-0.05, 0) is 25.1 Å². The highest BCUT2D eigenvalue weighted by atomic mass is 127. The van der Waals surface area contributed by atoms with E-state index >= 15 is 0 Å². The third kappa shape index (κ3) is 5.82. The molecule has 6 nitrogen and oxygen atoms in total. The van der Waals surface area contributed by atoms with Crippen molar-refractivity contribution in [2.45, 2.75) is 20.0 Å². The minimum Gasteiger partial charge on any atom is -0.378 e. The lowest BCUT2D eigenvalue weighted by Gasteiger charge is -2.29. The Morgan fingerprint density at radius 1 is 1.23 bits per heavy atom. The zero-order valence-electron chi connectivity index (χ0n) is 15.2. The van der Waals surface area contributed by atoms with Crippen LogP contribution in [0, 0.1) is 6.92 Å². The third-order valence-corrected chi connectivity index (χ3v) is 5.07. The Labute approximate surface area is 176 Å². The Kier molecular flexibility index (Phi) is 8.60. The first-order valence-electron chi connectivity index (χ1n) is 8.52. The van der Waals surface area contributed by atoms with E-state index in [2.05, 4.69) is 50.6 Å². The number of guanidine groups is 1. The molecule has 2 N–H and O–H groups in total. The Morgan fingerprint density at radius 3 is 2.69 bits per heavy atom. The molecule has 3 heterocycles. The van der Waals surface area contributed by atoms with Gasteiger partial charge in [0.2, 0.25) is 0 Å². The second-order valence-corrected chi connectivity index (χ2v) is 7.25. The summed E-state index contributed by atoms with van der Waals surface area (Å²) in [6, 6.07) is 8.38. The molecule has 0 spiro atoms. The van der Waals surface area contributed by atoms with Gasteiger partial charge >= 0.3 is 0 Å². The average Bonchev–Trinajstić information content (AvgIpc) is 3.08. The van der Waals surface area contributed by atoms with Crippen molar-refractivity contribution in [1.29, 1.82) is 0 Å². The highest BCUT2D eigenvalue weighted by Gasteiger charge is 2.15. The molecule has 26 heavy (non-hydrogen) atoms. The Balaban J connectivity index is 0.00000243. The summed E-state index contributed by atoms with van der Waals surface area (Å²) in [5.41, 5.74) is 1.17. The van der Waals surface area contributed by atoms with Gasteiger partial charge in [0.25, 0.3) is 0 Å². The van der Waals surface area contributed by atoms with Gasteiger partial charge in [-0.1, -0.05) is 6.07 Å². The number of hydrogen-bond acceptors (Lipinski definition) is 5. The first kappa shape index (κ1) is 20.9. The van der Waals surface area contributed by atoms with Crippen LogP contribution in [0.25, 0.3) is 0 Å². The molecule has 1 aliphatic rings. The number of aryl methyl sites for hydroxylation is 1. The van der Waals surface area contributed by atoms with Gasteiger partial charge < -0.3 is 20.3 Å². The van der Waals surface area contributed by atoms with Crippen LogP contribution in [0.2, 0.25) is 0 Å². The molecular weight excluding hydrogens is 461 g/mol. The molecule has 0 aliphatic carbocycles. The molecule has 0 atom stereocenters. The number of aromatic nitrogens is 1. The number of nitrogens with zero attached hydrogens (tertiary/aromatic N) is 3. The summed E-state index contributed by atoms with van der Waals surface area (Å²) in [7, 11) is 1.79. The molecule has 1 fully saturated rings. The van der Waals surface area contributed by atoms with Gasteiger partial charge in [0, 0.05) is 48.2 Å². The van der Waals surface area contributed by atoms with Crippen LogP contribution in [0.5, 0.6) is 0 Å². The number of aliphatic imine (C=N–C) groups is 1. The highest BCUT2D eigenvalue weighted by Crippen LogP contribution is 2.18. The first-order valence-corrected chi connectivity index (χ1v) is 9.34. The fourth-order valence-corrected chi connectivity index (χ4v) is 3.61. The van der Waals surface area contributed by atoms with E-state index in [0.717, 1.165) is 44.6 Å². The van der Waals surface area contributed by atoms with Gasteiger partial charge in [0.05, 0.1) is 19.8 Å². The average molecular weight is 487 g/mol. The molecule has 1 aliphatic heterocycles. The summed E-state index contributed by atoms with van der Waals surface area (Å²) < 4.78 is 5.44. The van der Waals surface area contributed by atoms with E-state index in [0.29, 0.717) is 6.54 Å². The Hall–Kier alpha value is -1.39. The van der Waals surface area contributed by atoms with Crippen LogP contribution in [-0.2, 0) is 17.8 Å². The quantitative estimate of drug-likeness (QED) is 0.386. The Morgan fingerprint density at radius 2 is 2.00 bits per heavy atom. The van der Waals surface area contributed by atoms with Crippen LogP contribution >= 0.6 is 35.3 Å². The molecule has 0 amide bonds. The number of anilines is 1. The van der Waals surface area contributed by atoms with Crippen LogP contribution < -0.4 is 15.5 Å². The molecule has 1 saturated heterocycles. The van der Waals surface area contributed by atoms with Crippen LogP contribution in [0.4, 0.5) is 5.82 Å². The van der Waals surface area contributed by atoms with Crippen molar-refractivity contribution in [3.63, 3.8) is 0 Å². The SMILES string of the molecule is CN=C(NCc1ccc(C)s1)NCc1cccnc1N1CCOCC1.I. The number of hydrogen-bond donors (Lipinski definition) is 2. The maximum atomic E-state index is 5.44. The maximum absolute atomic E-state index is 5.44. The van der Waals surface area contributed by atoms with Crippen molar-refractivity contribution >= 4 is 47.1 Å². The van der Waals surface area contributed by atoms with Crippen molar-refractivity contribution in [2.24, 2.45) is 4.99 Å². The molecule has 142 valence electrons. The molecule has 2 aromatic heterocycles. The number of pyridine rings is 1. The van der Waals surface area contributed by atoms with Crippen molar-refractivity contribution < 1.29 is 4.74 Å². The normalized spacial score (nSPS) is 14.7. The maximum Gasteiger partial charge on any atom is 0.191 e. The highest BCUT2D eigenvalue weighted by molar-refractivity contribution is 14.0. The zero-order valence-corrected chi connectivity index (χ0v) is 18.3. The summed E-state index contributed by atoms with van der Waals surface area (Å²) in [5, 5.41) is 6.75. The molecule has 0 bridgehead atoms. The van der Waals surface area contributed by atoms with Gasteiger partial charge in [-0.2, -0.15) is 0 Å². The van der Waals surface area contributed by atoms with Gasteiger partial charge in [0.1, 0.15) is 5.82 Å². The molecule has 3 rings (SSSR count). The van der Waals surface area contributed by atoms with Crippen molar-refractivity contribution in [3.05, 3.63) is 45.8 Å². The van der Waals surface area contributed by atoms with Crippen LogP contribution in [-0.4, -0.2) is 44.3 Å². The standard InChI is InChI=1S/C18H25N5OS.HI/c1-14-5-6-16(25-14)13-22-18(19-2)21-12-15-4-3-7-20-17(15)23-8-10-24-11-9-23;/h3-7H,8-13H2,1-2H3,(H2,19,21,22);1H. The summed E-state index contributed by atoms with van der Waals surface area (Å²) in [4.78, 5) is 13.8. The van der Waals surface area contributed by atoms with E-state index in [1.165, 1.54) is 15.3 Å². The number of rotatable bonds is 5. The minimum absolute atomic E-state index is 0. The van der Waals surface area contributed by atoms with E-state index in [1.807, 2.05) is 12.3 Å². The summed E-state index contributed by atoms with van der Waals surface area (Å²) >= 11 is 1.80. The van der Waals surface area contributed by atoms with E-state index in [4.69, 9.17) is 4.74 Å². The van der Waals surface area contributed by atoms with Gasteiger partial charge in [-0.15, -0.1) is 35.3 Å². The number of ether oxygens (including phenoxy) is 1. The van der Waals surface area contributed by atoms with Crippen LogP contribution in [0.1, 0.15) is 15.3 Å². The second-order valence-electron chi connectivity index (χ2n) is 5.88. The van der Waals surface area contributed by atoms with Crippen LogP contribution in [0.3, 0.4) is 0 Å². The second kappa shape index (κ2) is 10.7. The monoisotopic (exact) mass is 487 g/mol. The number of thiophene rings is 1. The Bertz CT molecular complexity index is 715. The lowest BCUT2D eigenvalue weighted by molar-refractivity contribution is 0.122. The molecule has 0 unspecified atom stereocenters. The molecule has 0 radical (unpaired) electrons. The van der Waals surface area contributed by atoms with E-state index in [-0.39, 0.29) is 24.0 Å². The van der Waals surface area contributed by atoms with E-state index < -0.39 is 0 Å². The zero-order chi connectivity index (χ0) is 17.5. The van der Waals surface area contributed by atoms with Crippen LogP contribution in [0.15, 0.2) is 35.5 Å². The topological polar surface area (TPSA) is 61.8 Å². The fourth-order valence-electron chi connectivity index (χ4n) is 2.78. The number of halogens is 1. The van der Waals surface area contributed by atoms with Crippen molar-refractivity contribution in [3.8, 4) is 0 Å². The smallest absolute Gasteiger partial charge is 0.191 e. The predicted octanol–water partition coefficient (Wildman–Crippen LogP) is 2.77. The van der Waals surface area contributed by atoms with Gasteiger partial charge in [-0.25, -0.2) is 4.98 Å². The molecule has 2 aromatic rings. The van der Waals surface area contributed by atoms with Crippen molar-refractivity contribution in [1.82, 2.24) is 15.6 Å². The van der Waals surface area contributed by atoms with E-state index in [1.54, 1.807) is 18.4 Å². The predicted molar refractivity (Wildman–Crippen MR) is 119 cm³/mol. The molecule has 8 heteroatoms. The molecular formula is C18H26IN5OS. The number of nitrogens with one attached hydrogen (secondary N) is 2. The lowest BCUT2D eigenvalue weighted by atomic mass is 10.2. The third-order valence-electron chi connectivity index (χ3n) is 4.07. The summed E-state index contributed by atoms with van der Waals surface area (Å²) in [6.07, 6.45) is 1.85. The first-order chi connectivity index (χ1) is 12.3. The summed E-state index contributed by atoms with van der Waals surface area (Å²) in [6.45, 7) is 6.87. The lowest BCUT2D eigenvalue weighted by Crippen LogP contribution is -2.39. The number of morpholine rings is 1. The van der Waals surface area contributed by atoms with Gasteiger partial charge in [0.15, 0.2) is 5.96 Å². The van der Waals surface area contributed by atoms with E-state index in [9.17, 15) is 0 Å². The fraction of sp³-hybridized carbons (Fsp3) is 0.444. The molecule has 0 saturated carbocycles.